The van der Waals surface area contributed by atoms with E-state index >= 15 is 0 Å². The zero-order valence-corrected chi connectivity index (χ0v) is 45.2. The molecule has 7 aromatic heterocycles. The van der Waals surface area contributed by atoms with Gasteiger partial charge in [-0.1, -0.05) is 38.3 Å². The number of anilines is 1. The number of carbonyl (C=O) groups excluding carboxylic acids is 3. The number of aromatic nitrogens is 7. The average molecular weight is 1100 g/mol. The Balaban J connectivity index is 0.000000181. The monoisotopic (exact) mass is 1100 g/mol. The highest BCUT2D eigenvalue weighted by Gasteiger charge is 2.14. The Bertz CT molecular complexity index is 3890. The summed E-state index contributed by atoms with van der Waals surface area (Å²) < 4.78 is 34.9. The molecule has 0 saturated carbocycles. The van der Waals surface area contributed by atoms with E-state index in [1.165, 1.54) is 20.4 Å². The van der Waals surface area contributed by atoms with Crippen LogP contribution in [0.2, 0.25) is 0 Å². The molecule has 10 aromatic rings. The summed E-state index contributed by atoms with van der Waals surface area (Å²) in [5, 5.41) is 14.9. The van der Waals surface area contributed by atoms with Gasteiger partial charge in [0.1, 0.15) is 5.82 Å². The Kier molecular flexibility index (Phi) is 20.8. The molecule has 0 aliphatic carbocycles. The van der Waals surface area contributed by atoms with Crippen molar-refractivity contribution in [2.24, 2.45) is 0 Å². The van der Waals surface area contributed by atoms with E-state index in [2.05, 4.69) is 65.0 Å². The molecule has 418 valence electrons. The van der Waals surface area contributed by atoms with Gasteiger partial charge in [0.2, 0.25) is 6.43 Å². The number of ether oxygens (including phenoxy) is 2. The Labute approximate surface area is 474 Å². The first-order chi connectivity index (χ1) is 39.2. The zero-order chi connectivity index (χ0) is 57.4. The summed E-state index contributed by atoms with van der Waals surface area (Å²) in [4.78, 5) is 66.3. The Morgan fingerprint density at radius 1 is 0.610 bits per heavy atom. The number of benzene rings is 3. The maximum Gasteiger partial charge on any atom is 0.337 e. The molecule has 7 heterocycles. The fourth-order valence-electron chi connectivity index (χ4n) is 9.06. The molecule has 0 aliphatic rings. The van der Waals surface area contributed by atoms with Gasteiger partial charge in [-0.3, -0.25) is 34.7 Å². The van der Waals surface area contributed by atoms with E-state index in [4.69, 9.17) is 20.3 Å². The second-order valence-electron chi connectivity index (χ2n) is 19.0. The molecule has 0 atom stereocenters. The quantitative estimate of drug-likeness (QED) is 0.0767. The van der Waals surface area contributed by atoms with Gasteiger partial charge in [-0.2, -0.15) is 0 Å². The van der Waals surface area contributed by atoms with Crippen LogP contribution >= 0.6 is 0 Å². The molecular formula is C65H63F2N9O6. The number of amides is 1. The number of halogens is 2. The van der Waals surface area contributed by atoms with Crippen molar-refractivity contribution in [2.75, 3.05) is 26.6 Å². The number of esters is 2. The van der Waals surface area contributed by atoms with E-state index in [0.717, 1.165) is 94.4 Å². The van der Waals surface area contributed by atoms with Gasteiger partial charge in [-0.05, 0) is 162 Å². The summed E-state index contributed by atoms with van der Waals surface area (Å²) in [7, 11) is 2.73. The van der Waals surface area contributed by atoms with E-state index in [-0.39, 0.29) is 38.3 Å². The number of rotatable bonds is 16. The molecule has 82 heavy (non-hydrogen) atoms. The van der Waals surface area contributed by atoms with Crippen molar-refractivity contribution < 1.29 is 37.7 Å². The third kappa shape index (κ3) is 16.2. The van der Waals surface area contributed by atoms with E-state index in [1.807, 2.05) is 62.4 Å². The first-order valence-electron chi connectivity index (χ1n) is 25.8. The van der Waals surface area contributed by atoms with Crippen molar-refractivity contribution in [3.8, 4) is 0 Å². The van der Waals surface area contributed by atoms with Crippen LogP contribution in [0.25, 0.3) is 38.8 Å². The Hall–Kier alpha value is -9.74. The number of nitrogens with one attached hydrogen (secondary N) is 1. The molecule has 0 aliphatic heterocycles. The summed E-state index contributed by atoms with van der Waals surface area (Å²) in [5.74, 6) is -0.473. The number of fused-ring (bicyclic) bond motifs is 3. The van der Waals surface area contributed by atoms with E-state index < -0.39 is 6.43 Å². The molecule has 15 nitrogen and oxygen atoms in total. The minimum atomic E-state index is -2.41. The van der Waals surface area contributed by atoms with E-state index in [9.17, 15) is 23.2 Å². The van der Waals surface area contributed by atoms with Crippen LogP contribution in [-0.2, 0) is 48.1 Å². The first kappa shape index (κ1) is 59.9. The predicted molar refractivity (Wildman–Crippen MR) is 316 cm³/mol. The topological polar surface area (TPSA) is 218 Å². The summed E-state index contributed by atoms with van der Waals surface area (Å²) in [6.07, 6.45) is 11.3. The number of aliphatic hydroxyl groups is 1. The Morgan fingerprint density at radius 2 is 1.06 bits per heavy atom. The van der Waals surface area contributed by atoms with Crippen molar-refractivity contribution >= 4 is 62.4 Å². The van der Waals surface area contributed by atoms with Gasteiger partial charge in [0.25, 0.3) is 5.91 Å². The number of pyridine rings is 7. The number of hydrogen-bond donors (Lipinski definition) is 3. The fraction of sp³-hybridized carbons (Fsp3) is 0.200. The Morgan fingerprint density at radius 3 is 1.54 bits per heavy atom. The van der Waals surface area contributed by atoms with Crippen LogP contribution < -0.4 is 11.1 Å². The highest BCUT2D eigenvalue weighted by Crippen LogP contribution is 2.23. The lowest BCUT2D eigenvalue weighted by molar-refractivity contribution is 0.0591. The molecular weight excluding hydrogens is 1040 g/mol. The smallest absolute Gasteiger partial charge is 0.337 e. The second kappa shape index (κ2) is 28.4. The standard InChI is InChI=1S/C26H25F2N5O.C19H18N2O3.C19H16N2O2.CH4/c1-15-7-25(29)33-16(2)22(15)14-32-26(34)19-5-6-30-21(12-19)10-17-3-4-23-20(8-17)9-18(13-31-23)11-24(27)28;1-24-19(23)15-4-6-20-17(11-15)10-13-2-3-18-16(8-13)9-14(5-7-22)12-21-18;1-3-13-8-16-9-14(4-5-18(16)21-12-13)10-17-11-15(6-7-20-17)19(22)23-2;/h3-9,12-13,24H,10-11,14H2,1-2H3,(H2,29,33)(H,32,34);2-4,6,8-9,11-12,22H,5,7,10H2,1H3;3-9,11-12H,1,10H2,2H3;1H4. The van der Waals surface area contributed by atoms with Crippen LogP contribution in [0.5, 0.6) is 0 Å². The van der Waals surface area contributed by atoms with Crippen LogP contribution in [0.3, 0.4) is 0 Å². The maximum atomic E-state index is 12.8. The number of aryl methyl sites for hydroxylation is 2. The van der Waals surface area contributed by atoms with Gasteiger partial charge < -0.3 is 25.6 Å². The van der Waals surface area contributed by atoms with E-state index in [1.54, 1.807) is 85.6 Å². The van der Waals surface area contributed by atoms with Crippen LogP contribution in [0.15, 0.2) is 159 Å². The lowest BCUT2D eigenvalue weighted by Gasteiger charge is -2.12. The van der Waals surface area contributed by atoms with Crippen molar-refractivity contribution in [3.05, 3.63) is 243 Å². The molecule has 10 rings (SSSR count). The summed E-state index contributed by atoms with van der Waals surface area (Å²) in [6, 6.07) is 35.7. The number of nitrogens with two attached hydrogens (primary N) is 1. The maximum absolute atomic E-state index is 12.8. The molecule has 0 radical (unpaired) electrons. The molecule has 0 unspecified atom stereocenters. The minimum Gasteiger partial charge on any atom is -0.465 e. The van der Waals surface area contributed by atoms with Gasteiger partial charge in [0, 0.05) is 121 Å². The zero-order valence-electron chi connectivity index (χ0n) is 45.2. The molecule has 0 fully saturated rings. The van der Waals surface area contributed by atoms with Gasteiger partial charge in [0.15, 0.2) is 0 Å². The molecule has 0 saturated heterocycles. The summed E-state index contributed by atoms with van der Waals surface area (Å²) in [5.41, 5.74) is 20.6. The largest absolute Gasteiger partial charge is 0.465 e. The number of hydrogen-bond acceptors (Lipinski definition) is 14. The lowest BCUT2D eigenvalue weighted by atomic mass is 10.0. The van der Waals surface area contributed by atoms with Crippen LogP contribution in [0, 0.1) is 13.8 Å². The second-order valence-corrected chi connectivity index (χ2v) is 19.0. The lowest BCUT2D eigenvalue weighted by Crippen LogP contribution is -2.24. The molecule has 1 amide bonds. The fourth-order valence-corrected chi connectivity index (χ4v) is 9.06. The number of aliphatic hydroxyl groups excluding tert-OH is 1. The number of methoxy groups -OCH3 is 2. The normalized spacial score (nSPS) is 10.7. The van der Waals surface area contributed by atoms with Crippen molar-refractivity contribution in [1.29, 1.82) is 0 Å². The molecule has 17 heteroatoms. The van der Waals surface area contributed by atoms with Gasteiger partial charge in [-0.25, -0.2) is 23.4 Å². The molecule has 0 bridgehead atoms. The predicted octanol–water partition coefficient (Wildman–Crippen LogP) is 11.4. The summed E-state index contributed by atoms with van der Waals surface area (Å²) in [6.45, 7) is 8.03. The number of nitrogen functional groups attached to an aromatic ring is 1. The van der Waals surface area contributed by atoms with Gasteiger partial charge in [0.05, 0.1) is 41.9 Å². The van der Waals surface area contributed by atoms with Crippen LogP contribution in [-0.4, -0.2) is 85.1 Å². The SMILES string of the molecule is C.C=Cc1cnc2ccc(Cc3cc(C(=O)OC)ccn3)cc2c1.COC(=O)c1ccnc(Cc2ccc3ncc(CCO)cc3c2)c1.Cc1cc(N)nc(C)c1CNC(=O)c1ccnc(Cc2ccc3ncc(CC(F)F)cc3c2)c1. The summed E-state index contributed by atoms with van der Waals surface area (Å²) >= 11 is 0. The molecule has 4 N–H and O–H groups in total. The highest BCUT2D eigenvalue weighted by molar-refractivity contribution is 5.94. The molecule has 3 aromatic carbocycles. The van der Waals surface area contributed by atoms with Gasteiger partial charge in [-0.15, -0.1) is 0 Å². The first-order valence-corrected chi connectivity index (χ1v) is 25.8. The van der Waals surface area contributed by atoms with Crippen LogP contribution in [0.4, 0.5) is 14.6 Å². The number of alkyl halides is 2. The molecule has 0 spiro atoms. The van der Waals surface area contributed by atoms with Gasteiger partial charge >= 0.3 is 11.9 Å². The number of carbonyl (C=O) groups is 3. The van der Waals surface area contributed by atoms with E-state index in [0.29, 0.717) is 60.3 Å². The third-order valence-corrected chi connectivity index (χ3v) is 13.1. The van der Waals surface area contributed by atoms with Crippen molar-refractivity contribution in [1.82, 2.24) is 40.2 Å². The third-order valence-electron chi connectivity index (χ3n) is 13.1. The average Bonchev–Trinajstić information content (AvgIpc) is 3.47. The van der Waals surface area contributed by atoms with Crippen molar-refractivity contribution in [3.63, 3.8) is 0 Å². The van der Waals surface area contributed by atoms with Crippen molar-refractivity contribution in [2.45, 2.75) is 66.3 Å². The minimum absolute atomic E-state index is 0. The highest BCUT2D eigenvalue weighted by atomic mass is 19.3. The number of nitrogens with zero attached hydrogens (tertiary/aromatic N) is 7. The van der Waals surface area contributed by atoms with Crippen LogP contribution in [0.1, 0.15) is 106 Å².